The van der Waals surface area contributed by atoms with Gasteiger partial charge in [0.05, 0.1) is 11.0 Å². The van der Waals surface area contributed by atoms with Crippen LogP contribution in [0.3, 0.4) is 0 Å². The number of nitrogens with zero attached hydrogens (tertiary/aromatic N) is 2. The lowest BCUT2D eigenvalue weighted by molar-refractivity contribution is 0.141. The highest BCUT2D eigenvalue weighted by molar-refractivity contribution is 9.10. The fraction of sp³-hybridized carbons (Fsp3) is 0.133. The van der Waals surface area contributed by atoms with Crippen LogP contribution < -0.4 is 5.32 Å². The van der Waals surface area contributed by atoms with Crippen molar-refractivity contribution < 1.29 is 9.53 Å². The summed E-state index contributed by atoms with van der Waals surface area (Å²) in [5.74, 6) is 5.89. The third-order valence-electron chi connectivity index (χ3n) is 2.35. The quantitative estimate of drug-likeness (QED) is 0.868. The number of nitrogens with one attached hydrogen (secondary N) is 1. The number of carbonyl (C=O) groups is 1. The number of carbonyl (C=O) groups excluding carboxylic acids is 1. The molecule has 0 aliphatic heterocycles. The third-order valence-corrected chi connectivity index (χ3v) is 2.76. The molecule has 0 fully saturated rings. The Bertz CT molecular complexity index is 648. The first-order valence-electron chi connectivity index (χ1n) is 6.15. The van der Waals surface area contributed by atoms with Gasteiger partial charge in [-0.2, -0.15) is 0 Å². The van der Waals surface area contributed by atoms with Crippen LogP contribution in [-0.2, 0) is 11.3 Å². The molecule has 0 aliphatic rings. The summed E-state index contributed by atoms with van der Waals surface area (Å²) in [6.07, 6.45) is 2.71. The van der Waals surface area contributed by atoms with Crippen molar-refractivity contribution in [1.82, 2.24) is 15.3 Å². The molecule has 0 saturated heterocycles. The van der Waals surface area contributed by atoms with Crippen LogP contribution in [0.4, 0.5) is 4.79 Å². The van der Waals surface area contributed by atoms with E-state index >= 15 is 0 Å². The second kappa shape index (κ2) is 8.02. The van der Waals surface area contributed by atoms with Crippen molar-refractivity contribution in [3.8, 4) is 11.8 Å². The van der Waals surface area contributed by atoms with Crippen molar-refractivity contribution in [3.63, 3.8) is 0 Å². The molecule has 0 radical (unpaired) electrons. The number of rotatable bonds is 3. The molecule has 0 atom stereocenters. The minimum absolute atomic E-state index is 0.174. The zero-order chi connectivity index (χ0) is 14.9. The summed E-state index contributed by atoms with van der Waals surface area (Å²) in [6, 6.07) is 9.46. The number of hydrogen-bond acceptors (Lipinski definition) is 4. The van der Waals surface area contributed by atoms with E-state index in [0.29, 0.717) is 5.82 Å². The second-order valence-electron chi connectivity index (χ2n) is 3.94. The normalized spacial score (nSPS) is 9.38. The Morgan fingerprint density at radius 1 is 1.24 bits per heavy atom. The van der Waals surface area contributed by atoms with Gasteiger partial charge >= 0.3 is 6.09 Å². The number of alkyl carbamates (subject to hydrolysis) is 1. The molecule has 2 aromatic rings. The molecule has 1 aromatic heterocycles. The van der Waals surface area contributed by atoms with Crippen molar-refractivity contribution in [3.05, 3.63) is 58.6 Å². The van der Waals surface area contributed by atoms with Gasteiger partial charge in [-0.15, -0.1) is 0 Å². The Morgan fingerprint density at radius 3 is 2.67 bits per heavy atom. The fourth-order valence-corrected chi connectivity index (χ4v) is 1.60. The van der Waals surface area contributed by atoms with E-state index < -0.39 is 6.09 Å². The maximum atomic E-state index is 11.4. The SMILES string of the molecule is O=C(NCC#Cc1ncc(Br)cn1)OCc1ccccc1. The van der Waals surface area contributed by atoms with Crippen molar-refractivity contribution in [2.75, 3.05) is 6.54 Å². The summed E-state index contributed by atoms with van der Waals surface area (Å²) in [5, 5.41) is 2.53. The van der Waals surface area contributed by atoms with E-state index in [4.69, 9.17) is 4.74 Å². The van der Waals surface area contributed by atoms with E-state index in [-0.39, 0.29) is 13.2 Å². The lowest BCUT2D eigenvalue weighted by atomic mass is 10.2. The third kappa shape index (κ3) is 5.63. The van der Waals surface area contributed by atoms with Gasteiger partial charge in [0.15, 0.2) is 0 Å². The summed E-state index contributed by atoms with van der Waals surface area (Å²) in [6.45, 7) is 0.406. The fourth-order valence-electron chi connectivity index (χ4n) is 1.39. The second-order valence-corrected chi connectivity index (χ2v) is 4.86. The predicted molar refractivity (Wildman–Crippen MR) is 81.2 cm³/mol. The summed E-state index contributed by atoms with van der Waals surface area (Å²) in [4.78, 5) is 19.4. The Balaban J connectivity index is 1.71. The largest absolute Gasteiger partial charge is 0.445 e. The van der Waals surface area contributed by atoms with Crippen molar-refractivity contribution in [1.29, 1.82) is 0 Å². The van der Waals surface area contributed by atoms with Crippen molar-refractivity contribution >= 4 is 22.0 Å². The first-order chi connectivity index (χ1) is 10.2. The van der Waals surface area contributed by atoms with Gasteiger partial charge in [0.1, 0.15) is 6.61 Å². The van der Waals surface area contributed by atoms with Crippen molar-refractivity contribution in [2.24, 2.45) is 0 Å². The van der Waals surface area contributed by atoms with E-state index in [1.807, 2.05) is 30.3 Å². The van der Waals surface area contributed by atoms with Crippen molar-refractivity contribution in [2.45, 2.75) is 6.61 Å². The van der Waals surface area contributed by atoms with E-state index in [1.165, 1.54) is 0 Å². The zero-order valence-electron chi connectivity index (χ0n) is 11.0. The molecule has 106 valence electrons. The van der Waals surface area contributed by atoms with Crippen LogP contribution >= 0.6 is 15.9 Å². The lowest BCUT2D eigenvalue weighted by Gasteiger charge is -2.04. The molecular weight excluding hydrogens is 334 g/mol. The van der Waals surface area contributed by atoms with E-state index in [2.05, 4.69) is 43.1 Å². The Hall–Kier alpha value is -2.39. The highest BCUT2D eigenvalue weighted by atomic mass is 79.9. The number of benzene rings is 1. The smallest absolute Gasteiger partial charge is 0.408 e. The predicted octanol–water partition coefficient (Wildman–Crippen LogP) is 2.52. The minimum atomic E-state index is -0.509. The number of halogens is 1. The minimum Gasteiger partial charge on any atom is -0.445 e. The number of hydrogen-bond donors (Lipinski definition) is 1. The molecule has 0 unspecified atom stereocenters. The van der Waals surface area contributed by atoms with Crippen LogP contribution in [0.5, 0.6) is 0 Å². The Labute approximate surface area is 130 Å². The van der Waals surface area contributed by atoms with Crippen LogP contribution in [0.15, 0.2) is 47.2 Å². The molecule has 2 rings (SSSR count). The van der Waals surface area contributed by atoms with Gasteiger partial charge in [-0.3, -0.25) is 0 Å². The van der Waals surface area contributed by atoms with E-state index in [0.717, 1.165) is 10.0 Å². The standard InChI is InChI=1S/C15H12BrN3O2/c16-13-9-18-14(19-10-13)7-4-8-17-15(20)21-11-12-5-2-1-3-6-12/h1-3,5-6,9-10H,8,11H2,(H,17,20). The summed E-state index contributed by atoms with van der Waals surface area (Å²) < 4.78 is 5.83. The molecule has 1 N–H and O–H groups in total. The van der Waals surface area contributed by atoms with Gasteiger partial charge in [-0.25, -0.2) is 14.8 Å². The first-order valence-corrected chi connectivity index (χ1v) is 6.94. The average Bonchev–Trinajstić information content (AvgIpc) is 2.52. The maximum Gasteiger partial charge on any atom is 0.408 e. The zero-order valence-corrected chi connectivity index (χ0v) is 12.6. The highest BCUT2D eigenvalue weighted by Crippen LogP contribution is 2.03. The number of ether oxygens (including phenoxy) is 1. The Kier molecular flexibility index (Phi) is 5.73. The van der Waals surface area contributed by atoms with Crippen LogP contribution in [0.2, 0.25) is 0 Å². The van der Waals surface area contributed by atoms with Crippen LogP contribution in [0.25, 0.3) is 0 Å². The maximum absolute atomic E-state index is 11.4. The Morgan fingerprint density at radius 2 is 1.95 bits per heavy atom. The van der Waals surface area contributed by atoms with Gasteiger partial charge in [0.2, 0.25) is 5.82 Å². The average molecular weight is 346 g/mol. The van der Waals surface area contributed by atoms with Gasteiger partial charge < -0.3 is 10.1 Å². The summed E-state index contributed by atoms with van der Waals surface area (Å²) >= 11 is 3.24. The molecule has 5 nitrogen and oxygen atoms in total. The topological polar surface area (TPSA) is 64.1 Å². The lowest BCUT2D eigenvalue weighted by Crippen LogP contribution is -2.24. The molecule has 0 saturated carbocycles. The molecule has 21 heavy (non-hydrogen) atoms. The summed E-state index contributed by atoms with van der Waals surface area (Å²) in [7, 11) is 0. The monoisotopic (exact) mass is 345 g/mol. The molecule has 0 aliphatic carbocycles. The van der Waals surface area contributed by atoms with Crippen LogP contribution in [0.1, 0.15) is 11.4 Å². The highest BCUT2D eigenvalue weighted by Gasteiger charge is 2.00. The molecule has 0 bridgehead atoms. The van der Waals surface area contributed by atoms with Gasteiger partial charge in [-0.05, 0) is 27.4 Å². The van der Waals surface area contributed by atoms with E-state index in [9.17, 15) is 4.79 Å². The molecule has 1 amide bonds. The first kappa shape index (κ1) is 15.0. The van der Waals surface area contributed by atoms with E-state index in [1.54, 1.807) is 12.4 Å². The number of aromatic nitrogens is 2. The number of amides is 1. The van der Waals surface area contributed by atoms with Crippen LogP contribution in [-0.4, -0.2) is 22.6 Å². The van der Waals surface area contributed by atoms with Crippen LogP contribution in [0, 0.1) is 11.8 Å². The van der Waals surface area contributed by atoms with Gasteiger partial charge in [0, 0.05) is 12.4 Å². The molecular formula is C15H12BrN3O2. The summed E-state index contributed by atoms with van der Waals surface area (Å²) in [5.41, 5.74) is 0.932. The molecule has 6 heteroatoms. The molecule has 1 heterocycles. The molecule has 1 aromatic carbocycles. The van der Waals surface area contributed by atoms with Gasteiger partial charge in [0.25, 0.3) is 0 Å². The molecule has 0 spiro atoms. The van der Waals surface area contributed by atoms with Gasteiger partial charge in [-0.1, -0.05) is 36.3 Å².